The number of para-hydroxylation sites is 3. The summed E-state index contributed by atoms with van der Waals surface area (Å²) in [7, 11) is -1.33. The van der Waals surface area contributed by atoms with Crippen molar-refractivity contribution in [1.82, 2.24) is 0 Å². The van der Waals surface area contributed by atoms with Gasteiger partial charge in [0.2, 0.25) is 0 Å². The van der Waals surface area contributed by atoms with Crippen molar-refractivity contribution in [2.45, 2.75) is 0 Å². The number of hydrogen-bond donors (Lipinski definition) is 1. The molecule has 3 aromatic carbocycles. The predicted molar refractivity (Wildman–Crippen MR) is 87.8 cm³/mol. The lowest BCUT2D eigenvalue weighted by molar-refractivity contribution is 0.432. The summed E-state index contributed by atoms with van der Waals surface area (Å²) in [5, 5.41) is 10.9. The van der Waals surface area contributed by atoms with Gasteiger partial charge in [-0.3, -0.25) is 0 Å². The summed E-state index contributed by atoms with van der Waals surface area (Å²) in [5.41, 5.74) is 2.18. The summed E-state index contributed by atoms with van der Waals surface area (Å²) in [6, 6.07) is 22.9. The van der Waals surface area contributed by atoms with E-state index in [1.54, 1.807) is 18.2 Å². The topological polar surface area (TPSA) is 38.7 Å². The molecule has 1 N–H and O–H groups in total. The van der Waals surface area contributed by atoms with Crippen LogP contribution in [0.3, 0.4) is 0 Å². The quantitative estimate of drug-likeness (QED) is 0.710. The monoisotopic (exact) mass is 308 g/mol. The van der Waals surface area contributed by atoms with Crippen molar-refractivity contribution < 1.29 is 14.2 Å². The smallest absolute Gasteiger partial charge is 0.326 e. The van der Waals surface area contributed by atoms with Gasteiger partial charge in [-0.15, -0.1) is 0 Å². The van der Waals surface area contributed by atoms with E-state index < -0.39 is 8.38 Å². The maximum Gasteiger partial charge on any atom is 0.326 e. The molecular weight excluding hydrogens is 295 g/mol. The van der Waals surface area contributed by atoms with E-state index >= 15 is 0 Å². The molecule has 4 rings (SSSR count). The lowest BCUT2D eigenvalue weighted by Crippen LogP contribution is -2.17. The van der Waals surface area contributed by atoms with Gasteiger partial charge < -0.3 is 14.2 Å². The Bertz CT molecular complexity index is 832. The Morgan fingerprint density at radius 1 is 0.773 bits per heavy atom. The predicted octanol–water partition coefficient (Wildman–Crippen LogP) is 4.47. The molecule has 0 spiro atoms. The van der Waals surface area contributed by atoms with Crippen LogP contribution in [-0.4, -0.2) is 5.11 Å². The molecule has 108 valence electrons. The van der Waals surface area contributed by atoms with E-state index in [0.29, 0.717) is 5.75 Å². The first-order valence-corrected chi connectivity index (χ1v) is 8.13. The second-order valence-electron chi connectivity index (χ2n) is 4.92. The second kappa shape index (κ2) is 5.36. The minimum atomic E-state index is -1.33. The molecule has 1 heterocycles. The van der Waals surface area contributed by atoms with Crippen LogP contribution in [-0.2, 0) is 0 Å². The Morgan fingerprint density at radius 3 is 2.32 bits per heavy atom. The van der Waals surface area contributed by atoms with Crippen LogP contribution in [0.4, 0.5) is 0 Å². The number of fused-ring (bicyclic) bond motifs is 3. The Hall–Kier alpha value is -2.51. The summed E-state index contributed by atoms with van der Waals surface area (Å²) in [6.07, 6.45) is 0. The highest BCUT2D eigenvalue weighted by atomic mass is 31.2. The summed E-state index contributed by atoms with van der Waals surface area (Å²) in [4.78, 5) is 0. The number of phenols is 1. The van der Waals surface area contributed by atoms with Gasteiger partial charge in [0.05, 0.1) is 5.30 Å². The van der Waals surface area contributed by atoms with Crippen molar-refractivity contribution in [3.05, 3.63) is 72.8 Å². The molecule has 0 radical (unpaired) electrons. The van der Waals surface area contributed by atoms with E-state index in [0.717, 1.165) is 22.2 Å². The van der Waals surface area contributed by atoms with Gasteiger partial charge in [-0.1, -0.05) is 48.5 Å². The molecule has 0 saturated carbocycles. The van der Waals surface area contributed by atoms with Crippen molar-refractivity contribution in [1.29, 1.82) is 0 Å². The largest absolute Gasteiger partial charge is 0.504 e. The number of rotatable bonds is 2. The average Bonchev–Trinajstić information content (AvgIpc) is 2.57. The van der Waals surface area contributed by atoms with Crippen molar-refractivity contribution in [2.24, 2.45) is 0 Å². The molecular formula is C18H13O3P. The van der Waals surface area contributed by atoms with Gasteiger partial charge in [0, 0.05) is 5.56 Å². The zero-order chi connectivity index (χ0) is 14.9. The first-order valence-electron chi connectivity index (χ1n) is 6.95. The van der Waals surface area contributed by atoms with Crippen LogP contribution in [0.2, 0.25) is 0 Å². The molecule has 0 amide bonds. The first-order chi connectivity index (χ1) is 10.8. The summed E-state index contributed by atoms with van der Waals surface area (Å²) >= 11 is 0. The molecule has 4 heteroatoms. The molecule has 0 saturated heterocycles. The molecule has 22 heavy (non-hydrogen) atoms. The zero-order valence-electron chi connectivity index (χ0n) is 11.6. The van der Waals surface area contributed by atoms with Crippen LogP contribution in [0.15, 0.2) is 72.8 Å². The van der Waals surface area contributed by atoms with Crippen LogP contribution in [0.1, 0.15) is 0 Å². The summed E-state index contributed by atoms with van der Waals surface area (Å²) in [5.74, 6) is 1.36. The zero-order valence-corrected chi connectivity index (χ0v) is 12.5. The SMILES string of the molecule is Oc1ccccc1OP1Oc2ccccc2-c2ccccc21. The van der Waals surface area contributed by atoms with Crippen LogP contribution in [0, 0.1) is 0 Å². The van der Waals surface area contributed by atoms with Crippen LogP contribution < -0.4 is 14.4 Å². The van der Waals surface area contributed by atoms with Gasteiger partial charge in [0.15, 0.2) is 11.5 Å². The van der Waals surface area contributed by atoms with E-state index in [2.05, 4.69) is 6.07 Å². The van der Waals surface area contributed by atoms with Gasteiger partial charge in [-0.2, -0.15) is 0 Å². The Labute approximate surface area is 129 Å². The van der Waals surface area contributed by atoms with Crippen LogP contribution in [0.25, 0.3) is 11.1 Å². The molecule has 1 aliphatic heterocycles. The van der Waals surface area contributed by atoms with Gasteiger partial charge in [0.25, 0.3) is 0 Å². The number of aromatic hydroxyl groups is 1. The third-order valence-electron chi connectivity index (χ3n) is 3.51. The lowest BCUT2D eigenvalue weighted by atomic mass is 10.0. The average molecular weight is 308 g/mol. The highest BCUT2D eigenvalue weighted by Gasteiger charge is 2.29. The fraction of sp³-hybridized carbons (Fsp3) is 0. The molecule has 3 aromatic rings. The highest BCUT2D eigenvalue weighted by Crippen LogP contribution is 2.50. The maximum atomic E-state index is 9.91. The molecule has 3 nitrogen and oxygen atoms in total. The maximum absolute atomic E-state index is 9.91. The first kappa shape index (κ1) is 13.2. The normalized spacial score (nSPS) is 15.4. The van der Waals surface area contributed by atoms with Crippen molar-refractivity contribution in [2.75, 3.05) is 0 Å². The third-order valence-corrected chi connectivity index (χ3v) is 5.01. The van der Waals surface area contributed by atoms with E-state index in [-0.39, 0.29) is 5.75 Å². The number of phenolic OH excluding ortho intramolecular Hbond substituents is 1. The van der Waals surface area contributed by atoms with Crippen molar-refractivity contribution in [3.63, 3.8) is 0 Å². The number of benzene rings is 3. The third kappa shape index (κ3) is 2.20. The molecule has 0 bridgehead atoms. The molecule has 1 aliphatic rings. The number of hydrogen-bond acceptors (Lipinski definition) is 3. The minimum absolute atomic E-state index is 0.116. The fourth-order valence-electron chi connectivity index (χ4n) is 2.46. The summed E-state index contributed by atoms with van der Waals surface area (Å²) in [6.45, 7) is 0. The van der Waals surface area contributed by atoms with Crippen molar-refractivity contribution in [3.8, 4) is 28.4 Å². The Balaban J connectivity index is 1.78. The van der Waals surface area contributed by atoms with Crippen LogP contribution in [0.5, 0.6) is 17.2 Å². The van der Waals surface area contributed by atoms with E-state index in [4.69, 9.17) is 9.05 Å². The molecule has 0 aliphatic carbocycles. The fourth-order valence-corrected chi connectivity index (χ4v) is 3.96. The lowest BCUT2D eigenvalue weighted by Gasteiger charge is -2.27. The minimum Gasteiger partial charge on any atom is -0.504 e. The summed E-state index contributed by atoms with van der Waals surface area (Å²) < 4.78 is 12.0. The molecule has 1 atom stereocenters. The van der Waals surface area contributed by atoms with E-state index in [1.165, 1.54) is 0 Å². The van der Waals surface area contributed by atoms with Gasteiger partial charge >= 0.3 is 8.38 Å². The van der Waals surface area contributed by atoms with Crippen molar-refractivity contribution >= 4 is 13.7 Å². The Kier molecular flexibility index (Phi) is 3.21. The molecule has 0 aromatic heterocycles. The standard InChI is InChI=1S/C18H13O3P/c19-15-9-3-5-11-17(15)21-22-18-12-6-2-8-14(18)13-7-1-4-10-16(13)20-22/h1-12,19H. The van der Waals surface area contributed by atoms with Crippen LogP contribution >= 0.6 is 8.38 Å². The van der Waals surface area contributed by atoms with E-state index in [9.17, 15) is 5.11 Å². The van der Waals surface area contributed by atoms with Gasteiger partial charge in [0.1, 0.15) is 5.75 Å². The molecule has 0 fully saturated rings. The van der Waals surface area contributed by atoms with E-state index in [1.807, 2.05) is 48.5 Å². The second-order valence-corrected chi connectivity index (χ2v) is 6.28. The highest BCUT2D eigenvalue weighted by molar-refractivity contribution is 7.57. The Morgan fingerprint density at radius 2 is 1.45 bits per heavy atom. The van der Waals surface area contributed by atoms with Gasteiger partial charge in [-0.25, -0.2) is 0 Å². The van der Waals surface area contributed by atoms with Gasteiger partial charge in [-0.05, 0) is 29.8 Å². The molecule has 1 unspecified atom stereocenters.